The zero-order valence-electron chi connectivity index (χ0n) is 17.4. The molecule has 1 N–H and O–H groups in total. The first-order chi connectivity index (χ1) is 13.8. The number of hydrogen-bond donors (Lipinski definition) is 1. The van der Waals surface area contributed by atoms with E-state index in [9.17, 15) is 4.79 Å². The van der Waals surface area contributed by atoms with Gasteiger partial charge in [0, 0.05) is 11.1 Å². The maximum atomic E-state index is 12.9. The van der Waals surface area contributed by atoms with Gasteiger partial charge in [-0.1, -0.05) is 63.2 Å². The summed E-state index contributed by atoms with van der Waals surface area (Å²) < 4.78 is 5.81. The quantitative estimate of drug-likeness (QED) is 0.705. The van der Waals surface area contributed by atoms with Gasteiger partial charge in [-0.25, -0.2) is 0 Å². The van der Waals surface area contributed by atoms with E-state index >= 15 is 0 Å². The van der Waals surface area contributed by atoms with E-state index in [2.05, 4.69) is 55.2 Å². The summed E-state index contributed by atoms with van der Waals surface area (Å²) in [7, 11) is 0. The molecule has 1 atom stereocenters. The number of aromatic amines is 1. The molecule has 5 heteroatoms. The second-order valence-electron chi connectivity index (χ2n) is 8.62. The van der Waals surface area contributed by atoms with Gasteiger partial charge >= 0.3 is 0 Å². The Bertz CT molecular complexity index is 1000. The largest absolute Gasteiger partial charge is 0.481 e. The van der Waals surface area contributed by atoms with Crippen molar-refractivity contribution in [3.63, 3.8) is 0 Å². The summed E-state index contributed by atoms with van der Waals surface area (Å²) in [5, 5.41) is 7.63. The Morgan fingerprint density at radius 3 is 2.41 bits per heavy atom. The minimum absolute atomic E-state index is 0.0208. The molecule has 4 rings (SSSR count). The molecule has 0 aliphatic carbocycles. The van der Waals surface area contributed by atoms with Gasteiger partial charge in [0.05, 0.1) is 24.5 Å². The molecular weight excluding hydrogens is 362 g/mol. The van der Waals surface area contributed by atoms with Crippen molar-refractivity contribution in [1.82, 2.24) is 15.1 Å². The van der Waals surface area contributed by atoms with E-state index < -0.39 is 6.10 Å². The third-order valence-electron chi connectivity index (χ3n) is 5.39. The topological polar surface area (TPSA) is 58.2 Å². The average molecular weight is 389 g/mol. The molecule has 2 heterocycles. The number of H-pyrrole nitrogens is 1. The van der Waals surface area contributed by atoms with Gasteiger partial charge in [-0.05, 0) is 30.0 Å². The Morgan fingerprint density at radius 2 is 1.76 bits per heavy atom. The van der Waals surface area contributed by atoms with E-state index in [4.69, 9.17) is 4.74 Å². The zero-order chi connectivity index (χ0) is 20.6. The van der Waals surface area contributed by atoms with Crippen molar-refractivity contribution in [2.45, 2.75) is 52.3 Å². The molecule has 0 fully saturated rings. The fourth-order valence-electron chi connectivity index (χ4n) is 3.67. The number of rotatable bonds is 4. The third-order valence-corrected chi connectivity index (χ3v) is 5.39. The monoisotopic (exact) mass is 389 g/mol. The van der Waals surface area contributed by atoms with Crippen molar-refractivity contribution >= 4 is 5.91 Å². The molecule has 1 aliphatic rings. The molecule has 29 heavy (non-hydrogen) atoms. The second-order valence-corrected chi connectivity index (χ2v) is 8.62. The summed E-state index contributed by atoms with van der Waals surface area (Å²) in [5.74, 6) is 0.680. The number of aromatic nitrogens is 2. The maximum Gasteiger partial charge on any atom is 0.264 e. The fraction of sp³-hybridized carbons (Fsp3) is 0.333. The first-order valence-corrected chi connectivity index (χ1v) is 10.0. The van der Waals surface area contributed by atoms with Crippen LogP contribution in [0.2, 0.25) is 0 Å². The molecule has 0 bridgehead atoms. The lowest BCUT2D eigenvalue weighted by Crippen LogP contribution is -2.37. The number of carbonyl (C=O) groups excluding carboxylic acids is 1. The fourth-order valence-corrected chi connectivity index (χ4v) is 3.67. The van der Waals surface area contributed by atoms with Crippen molar-refractivity contribution in [3.8, 4) is 17.0 Å². The van der Waals surface area contributed by atoms with Gasteiger partial charge in [-0.3, -0.25) is 9.89 Å². The molecule has 0 spiro atoms. The van der Waals surface area contributed by atoms with Crippen LogP contribution in [0.15, 0.2) is 54.6 Å². The number of hydrogen-bond acceptors (Lipinski definition) is 3. The van der Waals surface area contributed by atoms with Crippen molar-refractivity contribution in [2.24, 2.45) is 0 Å². The Hall–Kier alpha value is -3.08. The molecule has 1 aliphatic heterocycles. The van der Waals surface area contributed by atoms with Crippen LogP contribution in [-0.2, 0) is 23.3 Å². The third kappa shape index (κ3) is 3.90. The molecular formula is C24H27N3O2. The number of benzene rings is 2. The van der Waals surface area contributed by atoms with E-state index in [1.54, 1.807) is 6.92 Å². The minimum atomic E-state index is -0.538. The minimum Gasteiger partial charge on any atom is -0.481 e. The van der Waals surface area contributed by atoms with E-state index in [1.165, 1.54) is 5.56 Å². The molecule has 5 nitrogen and oxygen atoms in total. The molecule has 0 radical (unpaired) electrons. The molecule has 3 aromatic rings. The van der Waals surface area contributed by atoms with Crippen molar-refractivity contribution in [3.05, 3.63) is 71.4 Å². The summed E-state index contributed by atoms with van der Waals surface area (Å²) in [4.78, 5) is 14.7. The van der Waals surface area contributed by atoms with Crippen LogP contribution in [0.5, 0.6) is 5.75 Å². The number of fused-ring (bicyclic) bond motifs is 1. The number of nitrogens with one attached hydrogen (secondary N) is 1. The van der Waals surface area contributed by atoms with Crippen LogP contribution in [0.25, 0.3) is 11.3 Å². The second kappa shape index (κ2) is 7.39. The lowest BCUT2D eigenvalue weighted by atomic mass is 9.86. The molecule has 1 aromatic heterocycles. The molecule has 0 saturated heterocycles. The maximum absolute atomic E-state index is 12.9. The van der Waals surface area contributed by atoms with Crippen molar-refractivity contribution in [2.75, 3.05) is 0 Å². The molecule has 1 amide bonds. The summed E-state index contributed by atoms with van der Waals surface area (Å²) in [6, 6.07) is 18.0. The Morgan fingerprint density at radius 1 is 1.07 bits per heavy atom. The van der Waals surface area contributed by atoms with Crippen LogP contribution in [0.3, 0.4) is 0 Å². The Balaban J connectivity index is 1.48. The average Bonchev–Trinajstić information content (AvgIpc) is 3.28. The normalized spacial score (nSPS) is 14.6. The van der Waals surface area contributed by atoms with Gasteiger partial charge in [0.15, 0.2) is 6.10 Å². The smallest absolute Gasteiger partial charge is 0.264 e. The summed E-state index contributed by atoms with van der Waals surface area (Å²) >= 11 is 0. The highest BCUT2D eigenvalue weighted by Gasteiger charge is 2.31. The van der Waals surface area contributed by atoms with E-state index in [1.807, 2.05) is 35.2 Å². The first-order valence-electron chi connectivity index (χ1n) is 10.0. The predicted molar refractivity (Wildman–Crippen MR) is 114 cm³/mol. The zero-order valence-corrected chi connectivity index (χ0v) is 17.4. The van der Waals surface area contributed by atoms with Crippen LogP contribution in [0.4, 0.5) is 0 Å². The number of para-hydroxylation sites is 1. The number of nitrogens with zero attached hydrogens (tertiary/aromatic N) is 2. The molecule has 2 aromatic carbocycles. The SMILES string of the molecule is CC(Oc1ccccc1)C(=O)N1Cc2[nH]nc(-c3ccc(C(C)(C)C)cc3)c2C1. The van der Waals surface area contributed by atoms with Gasteiger partial charge in [-0.15, -0.1) is 0 Å². The van der Waals surface area contributed by atoms with Crippen LogP contribution >= 0.6 is 0 Å². The number of ether oxygens (including phenoxy) is 1. The lowest BCUT2D eigenvalue weighted by Gasteiger charge is -2.21. The summed E-state index contributed by atoms with van der Waals surface area (Å²) in [5.41, 5.74) is 5.49. The highest BCUT2D eigenvalue weighted by molar-refractivity contribution is 5.82. The van der Waals surface area contributed by atoms with Crippen LogP contribution in [0.1, 0.15) is 44.5 Å². The highest BCUT2D eigenvalue weighted by Crippen LogP contribution is 2.32. The van der Waals surface area contributed by atoms with E-state index in [0.29, 0.717) is 18.8 Å². The van der Waals surface area contributed by atoms with Gasteiger partial charge in [0.25, 0.3) is 5.91 Å². The van der Waals surface area contributed by atoms with Gasteiger partial charge in [-0.2, -0.15) is 5.10 Å². The number of amides is 1. The number of carbonyl (C=O) groups is 1. The Kier molecular flexibility index (Phi) is 4.91. The molecule has 0 saturated carbocycles. The molecule has 1 unspecified atom stereocenters. The predicted octanol–water partition coefficient (Wildman–Crippen LogP) is 4.68. The van der Waals surface area contributed by atoms with Crippen LogP contribution < -0.4 is 4.74 Å². The summed E-state index contributed by atoms with van der Waals surface area (Å²) in [6.07, 6.45) is -0.538. The van der Waals surface area contributed by atoms with Crippen LogP contribution in [-0.4, -0.2) is 27.1 Å². The summed E-state index contributed by atoms with van der Waals surface area (Å²) in [6.45, 7) is 9.49. The van der Waals surface area contributed by atoms with E-state index in [0.717, 1.165) is 22.5 Å². The van der Waals surface area contributed by atoms with Crippen molar-refractivity contribution in [1.29, 1.82) is 0 Å². The van der Waals surface area contributed by atoms with Crippen molar-refractivity contribution < 1.29 is 9.53 Å². The van der Waals surface area contributed by atoms with Gasteiger partial charge in [0.2, 0.25) is 0 Å². The highest BCUT2D eigenvalue weighted by atomic mass is 16.5. The van der Waals surface area contributed by atoms with Crippen LogP contribution in [0, 0.1) is 0 Å². The molecule has 150 valence electrons. The Labute approximate surface area is 171 Å². The van der Waals surface area contributed by atoms with E-state index in [-0.39, 0.29) is 11.3 Å². The first kappa shape index (κ1) is 19.2. The standard InChI is InChI=1S/C24H27N3O2/c1-16(29-19-8-6-5-7-9-19)23(28)27-14-20-21(15-27)25-26-22(20)17-10-12-18(13-11-17)24(2,3)4/h5-13,16H,14-15H2,1-4H3,(H,25,26). The lowest BCUT2D eigenvalue weighted by molar-refractivity contribution is -0.138. The van der Waals surface area contributed by atoms with Gasteiger partial charge in [0.1, 0.15) is 5.75 Å². The van der Waals surface area contributed by atoms with Gasteiger partial charge < -0.3 is 9.64 Å².